The highest BCUT2D eigenvalue weighted by molar-refractivity contribution is 6.29. The molecule has 6 heteroatoms. The zero-order valence-electron chi connectivity index (χ0n) is 11.9. The summed E-state index contributed by atoms with van der Waals surface area (Å²) < 4.78 is 0. The van der Waals surface area contributed by atoms with Crippen LogP contribution in [0, 0.1) is 0 Å². The van der Waals surface area contributed by atoms with E-state index in [1.54, 1.807) is 13.1 Å². The van der Waals surface area contributed by atoms with Crippen LogP contribution in [0.25, 0.3) is 0 Å². The second-order valence-corrected chi connectivity index (χ2v) is 5.04. The molecular formula is C13H21ClN4O. The second kappa shape index (κ2) is 7.28. The van der Waals surface area contributed by atoms with Gasteiger partial charge in [-0.05, 0) is 6.42 Å². The summed E-state index contributed by atoms with van der Waals surface area (Å²) in [5.41, 5.74) is 0. The number of hydrogen-bond donors (Lipinski definition) is 1. The first kappa shape index (κ1) is 15.7. The molecule has 0 aromatic carbocycles. The van der Waals surface area contributed by atoms with E-state index in [9.17, 15) is 4.79 Å². The number of nitrogens with one attached hydrogen (secondary N) is 1. The van der Waals surface area contributed by atoms with Gasteiger partial charge in [-0.15, -0.1) is 0 Å². The van der Waals surface area contributed by atoms with E-state index in [0.29, 0.717) is 16.8 Å². The zero-order valence-corrected chi connectivity index (χ0v) is 12.7. The van der Waals surface area contributed by atoms with Gasteiger partial charge in [0.25, 0.3) is 0 Å². The SMILES string of the molecule is CCCN(CC(=O)NC)c1cc(Cl)nc(C(C)C)n1. The lowest BCUT2D eigenvalue weighted by Gasteiger charge is -2.23. The Morgan fingerprint density at radius 3 is 2.68 bits per heavy atom. The van der Waals surface area contributed by atoms with Crippen molar-refractivity contribution in [1.29, 1.82) is 0 Å². The van der Waals surface area contributed by atoms with Crippen molar-refractivity contribution in [1.82, 2.24) is 15.3 Å². The third-order valence-corrected chi connectivity index (χ3v) is 2.84. The van der Waals surface area contributed by atoms with Crippen LogP contribution in [-0.2, 0) is 4.79 Å². The van der Waals surface area contributed by atoms with Crippen LogP contribution in [0.2, 0.25) is 5.15 Å². The van der Waals surface area contributed by atoms with Crippen molar-refractivity contribution in [2.75, 3.05) is 25.0 Å². The molecule has 0 saturated carbocycles. The minimum absolute atomic E-state index is 0.0470. The molecule has 0 aliphatic rings. The molecule has 0 radical (unpaired) electrons. The molecule has 106 valence electrons. The monoisotopic (exact) mass is 284 g/mol. The molecule has 1 aromatic heterocycles. The lowest BCUT2D eigenvalue weighted by Crippen LogP contribution is -2.36. The summed E-state index contributed by atoms with van der Waals surface area (Å²) in [5, 5.41) is 3.03. The van der Waals surface area contributed by atoms with Crippen LogP contribution in [0.1, 0.15) is 38.9 Å². The largest absolute Gasteiger partial charge is 0.358 e. The van der Waals surface area contributed by atoms with E-state index in [-0.39, 0.29) is 18.4 Å². The molecule has 1 aromatic rings. The van der Waals surface area contributed by atoms with Crippen molar-refractivity contribution in [3.63, 3.8) is 0 Å². The van der Waals surface area contributed by atoms with Crippen molar-refractivity contribution in [2.24, 2.45) is 0 Å². The average Bonchev–Trinajstić information content (AvgIpc) is 2.37. The maximum Gasteiger partial charge on any atom is 0.239 e. The molecular weight excluding hydrogens is 264 g/mol. The van der Waals surface area contributed by atoms with Gasteiger partial charge in [0, 0.05) is 25.6 Å². The van der Waals surface area contributed by atoms with Crippen molar-refractivity contribution in [3.8, 4) is 0 Å². The number of amides is 1. The maximum atomic E-state index is 11.5. The van der Waals surface area contributed by atoms with Gasteiger partial charge >= 0.3 is 0 Å². The fourth-order valence-corrected chi connectivity index (χ4v) is 1.82. The van der Waals surface area contributed by atoms with Gasteiger partial charge < -0.3 is 10.2 Å². The maximum absolute atomic E-state index is 11.5. The van der Waals surface area contributed by atoms with Gasteiger partial charge in [0.2, 0.25) is 5.91 Å². The Hall–Kier alpha value is -1.36. The van der Waals surface area contributed by atoms with Gasteiger partial charge in [0.15, 0.2) is 0 Å². The molecule has 1 N–H and O–H groups in total. The molecule has 0 fully saturated rings. The molecule has 0 spiro atoms. The molecule has 0 atom stereocenters. The van der Waals surface area contributed by atoms with Crippen LogP contribution in [0.4, 0.5) is 5.82 Å². The molecule has 0 saturated heterocycles. The predicted octanol–water partition coefficient (Wildman–Crippen LogP) is 2.22. The lowest BCUT2D eigenvalue weighted by molar-refractivity contribution is -0.119. The highest BCUT2D eigenvalue weighted by Gasteiger charge is 2.14. The van der Waals surface area contributed by atoms with Crippen molar-refractivity contribution < 1.29 is 4.79 Å². The molecule has 0 unspecified atom stereocenters. The fourth-order valence-electron chi connectivity index (χ4n) is 1.64. The topological polar surface area (TPSA) is 58.1 Å². The molecule has 19 heavy (non-hydrogen) atoms. The van der Waals surface area contributed by atoms with Gasteiger partial charge in [0.05, 0.1) is 6.54 Å². The number of carbonyl (C=O) groups is 1. The van der Waals surface area contributed by atoms with Gasteiger partial charge in [-0.2, -0.15) is 0 Å². The number of rotatable bonds is 6. The van der Waals surface area contributed by atoms with E-state index in [2.05, 4.69) is 22.2 Å². The minimum atomic E-state index is -0.0470. The number of halogens is 1. The van der Waals surface area contributed by atoms with Crippen LogP contribution in [-0.4, -0.2) is 36.0 Å². The molecule has 0 aliphatic heterocycles. The summed E-state index contributed by atoms with van der Waals surface area (Å²) >= 11 is 6.03. The summed E-state index contributed by atoms with van der Waals surface area (Å²) in [6.07, 6.45) is 0.926. The Bertz CT molecular complexity index is 437. The predicted molar refractivity (Wildman–Crippen MR) is 77.7 cm³/mol. The third-order valence-electron chi connectivity index (χ3n) is 2.65. The van der Waals surface area contributed by atoms with Crippen LogP contribution < -0.4 is 10.2 Å². The molecule has 1 heterocycles. The Morgan fingerprint density at radius 2 is 2.16 bits per heavy atom. The van der Waals surface area contributed by atoms with Crippen molar-refractivity contribution in [3.05, 3.63) is 17.0 Å². The number of hydrogen-bond acceptors (Lipinski definition) is 4. The van der Waals surface area contributed by atoms with Gasteiger partial charge in [-0.25, -0.2) is 9.97 Å². The molecule has 5 nitrogen and oxygen atoms in total. The first-order valence-corrected chi connectivity index (χ1v) is 6.85. The number of aromatic nitrogens is 2. The van der Waals surface area contributed by atoms with Crippen LogP contribution in [0.5, 0.6) is 0 Å². The van der Waals surface area contributed by atoms with Crippen LogP contribution in [0.3, 0.4) is 0 Å². The second-order valence-electron chi connectivity index (χ2n) is 4.66. The van der Waals surface area contributed by atoms with E-state index < -0.39 is 0 Å². The lowest BCUT2D eigenvalue weighted by atomic mass is 10.2. The summed E-state index contributed by atoms with van der Waals surface area (Å²) in [6.45, 7) is 7.10. The molecule has 0 aliphatic carbocycles. The number of nitrogens with zero attached hydrogens (tertiary/aromatic N) is 3. The van der Waals surface area contributed by atoms with Crippen LogP contribution >= 0.6 is 11.6 Å². The summed E-state index contributed by atoms with van der Waals surface area (Å²) in [4.78, 5) is 22.2. The Labute approximate surface area is 119 Å². The standard InChI is InChI=1S/C13H21ClN4O/c1-5-6-18(8-12(19)15-4)11-7-10(14)16-13(17-11)9(2)3/h7,9H,5-6,8H2,1-4H3,(H,15,19). The molecule has 0 bridgehead atoms. The molecule has 1 amide bonds. The Kier molecular flexibility index (Phi) is 6.02. The third kappa shape index (κ3) is 4.67. The average molecular weight is 285 g/mol. The van der Waals surface area contributed by atoms with E-state index in [1.807, 2.05) is 18.7 Å². The van der Waals surface area contributed by atoms with Gasteiger partial charge in [0.1, 0.15) is 16.8 Å². The van der Waals surface area contributed by atoms with Crippen LogP contribution in [0.15, 0.2) is 6.07 Å². The Balaban J connectivity index is 3.03. The van der Waals surface area contributed by atoms with E-state index in [0.717, 1.165) is 13.0 Å². The van der Waals surface area contributed by atoms with Gasteiger partial charge in [-0.3, -0.25) is 4.79 Å². The fraction of sp³-hybridized carbons (Fsp3) is 0.615. The van der Waals surface area contributed by atoms with Crippen molar-refractivity contribution >= 4 is 23.3 Å². The van der Waals surface area contributed by atoms with Crippen molar-refractivity contribution in [2.45, 2.75) is 33.1 Å². The Morgan fingerprint density at radius 1 is 1.47 bits per heavy atom. The summed E-state index contributed by atoms with van der Waals surface area (Å²) in [7, 11) is 1.62. The first-order chi connectivity index (χ1) is 8.97. The van der Waals surface area contributed by atoms with Gasteiger partial charge in [-0.1, -0.05) is 32.4 Å². The quantitative estimate of drug-likeness (QED) is 0.814. The minimum Gasteiger partial charge on any atom is -0.358 e. The van der Waals surface area contributed by atoms with E-state index >= 15 is 0 Å². The summed E-state index contributed by atoms with van der Waals surface area (Å²) in [6, 6.07) is 1.70. The highest BCUT2D eigenvalue weighted by Crippen LogP contribution is 2.20. The normalized spacial score (nSPS) is 10.6. The number of carbonyl (C=O) groups excluding carboxylic acids is 1. The van der Waals surface area contributed by atoms with E-state index in [4.69, 9.17) is 11.6 Å². The smallest absolute Gasteiger partial charge is 0.239 e. The molecule has 1 rings (SSSR count). The number of anilines is 1. The highest BCUT2D eigenvalue weighted by atomic mass is 35.5. The first-order valence-electron chi connectivity index (χ1n) is 6.47. The summed E-state index contributed by atoms with van der Waals surface area (Å²) in [5.74, 6) is 1.55. The zero-order chi connectivity index (χ0) is 14.4. The number of likely N-dealkylation sites (N-methyl/N-ethyl adjacent to an activating group) is 1. The van der Waals surface area contributed by atoms with E-state index in [1.165, 1.54) is 0 Å².